The Morgan fingerprint density at radius 1 is 0.852 bits per heavy atom. The van der Waals surface area contributed by atoms with Crippen LogP contribution in [0.3, 0.4) is 0 Å². The van der Waals surface area contributed by atoms with E-state index >= 15 is 0 Å². The van der Waals surface area contributed by atoms with E-state index in [9.17, 15) is 4.79 Å². The molecule has 0 radical (unpaired) electrons. The first-order valence-corrected chi connectivity index (χ1v) is 9.93. The molecule has 1 amide bonds. The molecule has 0 spiro atoms. The molecule has 0 aliphatic carbocycles. The second kappa shape index (κ2) is 8.05. The maximum Gasteiger partial charge on any atom is 0.241 e. The predicted molar refractivity (Wildman–Crippen MR) is 117 cm³/mol. The molecule has 27 heavy (non-hydrogen) atoms. The van der Waals surface area contributed by atoms with E-state index < -0.39 is 5.41 Å². The Kier molecular flexibility index (Phi) is 5.95. The fourth-order valence-electron chi connectivity index (χ4n) is 3.15. The molecular weight excluding hydrogens is 445 g/mol. The molecule has 5 heteroatoms. The lowest BCUT2D eigenvalue weighted by Crippen LogP contribution is -2.44. The van der Waals surface area contributed by atoms with Crippen LogP contribution in [0.1, 0.15) is 18.1 Å². The molecule has 0 fully saturated rings. The van der Waals surface area contributed by atoms with Crippen LogP contribution in [0, 0.1) is 0 Å². The third-order valence-corrected chi connectivity index (χ3v) is 5.96. The van der Waals surface area contributed by atoms with Crippen molar-refractivity contribution in [3.05, 3.63) is 98.4 Å². The van der Waals surface area contributed by atoms with Gasteiger partial charge in [0.1, 0.15) is 0 Å². The fourth-order valence-corrected chi connectivity index (χ4v) is 3.95. The summed E-state index contributed by atoms with van der Waals surface area (Å²) < 4.78 is 0.857. The zero-order valence-electron chi connectivity index (χ0n) is 14.9. The Labute approximate surface area is 177 Å². The van der Waals surface area contributed by atoms with E-state index in [4.69, 9.17) is 23.2 Å². The van der Waals surface area contributed by atoms with Crippen LogP contribution in [0.2, 0.25) is 10.0 Å². The van der Waals surface area contributed by atoms with Crippen molar-refractivity contribution in [3.63, 3.8) is 0 Å². The van der Waals surface area contributed by atoms with E-state index in [1.165, 1.54) is 0 Å². The smallest absolute Gasteiger partial charge is 0.241 e. The number of hydrogen-bond donors (Lipinski definition) is 0. The van der Waals surface area contributed by atoms with Gasteiger partial charge >= 0.3 is 0 Å². The minimum atomic E-state index is -0.904. The molecule has 0 saturated heterocycles. The van der Waals surface area contributed by atoms with E-state index in [1.807, 2.05) is 55.5 Å². The number of carbonyl (C=O) groups is 1. The van der Waals surface area contributed by atoms with E-state index in [1.54, 1.807) is 36.2 Å². The van der Waals surface area contributed by atoms with Crippen LogP contribution in [0.4, 0.5) is 5.69 Å². The Bertz CT molecular complexity index is 909. The van der Waals surface area contributed by atoms with E-state index in [2.05, 4.69) is 15.9 Å². The molecule has 0 heterocycles. The molecule has 2 nitrogen and oxygen atoms in total. The van der Waals surface area contributed by atoms with Gasteiger partial charge in [0.25, 0.3) is 0 Å². The Hall–Kier alpha value is -1.81. The lowest BCUT2D eigenvalue weighted by atomic mass is 9.75. The quantitative estimate of drug-likeness (QED) is 0.421. The van der Waals surface area contributed by atoms with Gasteiger partial charge in [0, 0.05) is 21.6 Å². The van der Waals surface area contributed by atoms with Crippen molar-refractivity contribution in [1.29, 1.82) is 0 Å². The number of para-hydroxylation sites is 1. The average molecular weight is 463 g/mol. The number of amides is 1. The second-order valence-corrected chi connectivity index (χ2v) is 8.18. The van der Waals surface area contributed by atoms with Crippen LogP contribution < -0.4 is 4.90 Å². The zero-order valence-corrected chi connectivity index (χ0v) is 18.0. The van der Waals surface area contributed by atoms with E-state index in [-0.39, 0.29) is 5.91 Å². The second-order valence-electron chi connectivity index (χ2n) is 6.45. The van der Waals surface area contributed by atoms with Gasteiger partial charge in [-0.3, -0.25) is 4.79 Å². The van der Waals surface area contributed by atoms with Gasteiger partial charge in [-0.1, -0.05) is 59.6 Å². The summed E-state index contributed by atoms with van der Waals surface area (Å²) in [5.41, 5.74) is 1.62. The van der Waals surface area contributed by atoms with Gasteiger partial charge in [-0.2, -0.15) is 0 Å². The largest absolute Gasteiger partial charge is 0.313 e. The molecular formula is C22H18BrCl2NO. The van der Waals surface area contributed by atoms with Crippen LogP contribution in [0.5, 0.6) is 0 Å². The van der Waals surface area contributed by atoms with Crippen LogP contribution in [-0.2, 0) is 10.2 Å². The van der Waals surface area contributed by atoms with Gasteiger partial charge in [0.2, 0.25) is 5.91 Å². The minimum absolute atomic E-state index is 0.0564. The van der Waals surface area contributed by atoms with Crippen molar-refractivity contribution in [2.45, 2.75) is 12.3 Å². The van der Waals surface area contributed by atoms with Crippen molar-refractivity contribution < 1.29 is 4.79 Å². The molecule has 3 rings (SSSR count). The number of nitrogens with zero attached hydrogens (tertiary/aromatic N) is 1. The molecule has 0 aliphatic rings. The first kappa shape index (κ1) is 19.9. The zero-order chi connectivity index (χ0) is 19.6. The van der Waals surface area contributed by atoms with Crippen LogP contribution >= 0.6 is 39.1 Å². The number of rotatable bonds is 4. The summed E-state index contributed by atoms with van der Waals surface area (Å²) in [7, 11) is 1.78. The average Bonchev–Trinajstić information content (AvgIpc) is 2.68. The van der Waals surface area contributed by atoms with Crippen LogP contribution in [0.25, 0.3) is 0 Å². The summed E-state index contributed by atoms with van der Waals surface area (Å²) in [5, 5.41) is 1.26. The van der Waals surface area contributed by atoms with Crippen molar-refractivity contribution in [3.8, 4) is 0 Å². The summed E-state index contributed by atoms with van der Waals surface area (Å²) in [6, 6.07) is 22.4. The maximum absolute atomic E-state index is 13.7. The minimum Gasteiger partial charge on any atom is -0.313 e. The SMILES string of the molecule is CN(C(=O)C(C)(c1ccc(Cl)cc1)c1ccc(Cl)cc1)c1ccccc1Br. The summed E-state index contributed by atoms with van der Waals surface area (Å²) in [4.78, 5) is 15.4. The van der Waals surface area contributed by atoms with Gasteiger partial charge in [-0.25, -0.2) is 0 Å². The van der Waals surface area contributed by atoms with Crippen LogP contribution in [-0.4, -0.2) is 13.0 Å². The number of carbonyl (C=O) groups excluding carboxylic acids is 1. The first-order chi connectivity index (χ1) is 12.8. The van der Waals surface area contributed by atoms with E-state index in [0.717, 1.165) is 21.3 Å². The van der Waals surface area contributed by atoms with Crippen molar-refractivity contribution in [2.75, 3.05) is 11.9 Å². The van der Waals surface area contributed by atoms with Gasteiger partial charge in [-0.05, 0) is 70.4 Å². The number of benzene rings is 3. The molecule has 0 bridgehead atoms. The lowest BCUT2D eigenvalue weighted by molar-refractivity contribution is -0.122. The molecule has 138 valence electrons. The van der Waals surface area contributed by atoms with Gasteiger partial charge in [0.15, 0.2) is 0 Å². The molecule has 3 aromatic carbocycles. The first-order valence-electron chi connectivity index (χ1n) is 8.39. The topological polar surface area (TPSA) is 20.3 Å². The summed E-state index contributed by atoms with van der Waals surface area (Å²) in [6.07, 6.45) is 0. The van der Waals surface area contributed by atoms with Gasteiger partial charge in [0.05, 0.1) is 11.1 Å². The summed E-state index contributed by atoms with van der Waals surface area (Å²) in [6.45, 7) is 1.93. The Morgan fingerprint density at radius 2 is 1.30 bits per heavy atom. The third kappa shape index (κ3) is 3.91. The molecule has 3 aromatic rings. The highest BCUT2D eigenvalue weighted by atomic mass is 79.9. The molecule has 0 aromatic heterocycles. The van der Waals surface area contributed by atoms with Crippen LogP contribution in [0.15, 0.2) is 77.3 Å². The molecule has 0 unspecified atom stereocenters. The number of anilines is 1. The lowest BCUT2D eigenvalue weighted by Gasteiger charge is -2.34. The van der Waals surface area contributed by atoms with Gasteiger partial charge in [-0.15, -0.1) is 0 Å². The Balaban J connectivity index is 2.14. The number of hydrogen-bond acceptors (Lipinski definition) is 1. The molecule has 0 atom stereocenters. The monoisotopic (exact) mass is 461 g/mol. The highest BCUT2D eigenvalue weighted by Crippen LogP contribution is 2.37. The predicted octanol–water partition coefficient (Wildman–Crippen LogP) is 6.72. The summed E-state index contributed by atoms with van der Waals surface area (Å²) >= 11 is 15.7. The molecule has 0 saturated carbocycles. The van der Waals surface area contributed by atoms with Gasteiger partial charge < -0.3 is 4.90 Å². The fraction of sp³-hybridized carbons (Fsp3) is 0.136. The number of halogens is 3. The van der Waals surface area contributed by atoms with Crippen molar-refractivity contribution >= 4 is 50.7 Å². The highest BCUT2D eigenvalue weighted by Gasteiger charge is 2.39. The molecule has 0 aliphatic heterocycles. The summed E-state index contributed by atoms with van der Waals surface area (Å²) in [5.74, 6) is -0.0564. The Morgan fingerprint density at radius 3 is 1.74 bits per heavy atom. The normalized spacial score (nSPS) is 11.3. The number of likely N-dealkylation sites (N-methyl/N-ethyl adjacent to an activating group) is 1. The standard InChI is InChI=1S/C22H18BrCl2NO/c1-22(15-7-11-17(24)12-8-15,16-9-13-18(25)14-10-16)21(27)26(2)20-6-4-3-5-19(20)23/h3-14H,1-2H3. The molecule has 0 N–H and O–H groups in total. The van der Waals surface area contributed by atoms with E-state index in [0.29, 0.717) is 10.0 Å². The third-order valence-electron chi connectivity index (χ3n) is 4.79. The highest BCUT2D eigenvalue weighted by molar-refractivity contribution is 9.10. The van der Waals surface area contributed by atoms with Crippen molar-refractivity contribution in [1.82, 2.24) is 0 Å². The maximum atomic E-state index is 13.7. The van der Waals surface area contributed by atoms with Crippen molar-refractivity contribution in [2.24, 2.45) is 0 Å².